The third-order valence-corrected chi connectivity index (χ3v) is 3.75. The molecule has 0 amide bonds. The van der Waals surface area contributed by atoms with Gasteiger partial charge in [-0.1, -0.05) is 43.7 Å². The monoisotopic (exact) mass is 261 g/mol. The summed E-state index contributed by atoms with van der Waals surface area (Å²) in [5, 5.41) is 0. The van der Waals surface area contributed by atoms with Crippen molar-refractivity contribution in [2.45, 2.75) is 51.9 Å². The Morgan fingerprint density at radius 2 is 1.89 bits per heavy atom. The van der Waals surface area contributed by atoms with Crippen molar-refractivity contribution in [3.63, 3.8) is 0 Å². The predicted octanol–water partition coefficient (Wildman–Crippen LogP) is 3.73. The highest BCUT2D eigenvalue weighted by molar-refractivity contribution is 5.78. The van der Waals surface area contributed by atoms with Crippen LogP contribution in [0, 0.1) is 5.92 Å². The third kappa shape index (κ3) is 7.12. The number of hydrogen-bond acceptors (Lipinski definition) is 2. The molecule has 1 unspecified atom stereocenters. The summed E-state index contributed by atoms with van der Waals surface area (Å²) in [5.74, 6) is 1.04. The summed E-state index contributed by atoms with van der Waals surface area (Å²) in [6.45, 7) is 2.92. The first-order chi connectivity index (χ1) is 9.26. The van der Waals surface area contributed by atoms with Gasteiger partial charge < -0.3 is 5.73 Å². The van der Waals surface area contributed by atoms with Gasteiger partial charge in [-0.25, -0.2) is 0 Å². The van der Waals surface area contributed by atoms with Crippen LogP contribution in [-0.2, 0) is 11.2 Å². The average Bonchev–Trinajstić information content (AvgIpc) is 2.44. The van der Waals surface area contributed by atoms with E-state index in [1.165, 1.54) is 5.56 Å². The summed E-state index contributed by atoms with van der Waals surface area (Å²) < 4.78 is 0. The number of carbonyl (C=O) groups excluding carboxylic acids is 1. The molecule has 2 nitrogen and oxygen atoms in total. The SMILES string of the molecule is CCC(CCN)CCC(=O)CCCc1ccccc1. The van der Waals surface area contributed by atoms with Gasteiger partial charge in [0.2, 0.25) is 0 Å². The summed E-state index contributed by atoms with van der Waals surface area (Å²) in [4.78, 5) is 11.8. The molecule has 0 aliphatic heterocycles. The minimum Gasteiger partial charge on any atom is -0.330 e. The van der Waals surface area contributed by atoms with Crippen molar-refractivity contribution in [1.82, 2.24) is 0 Å². The van der Waals surface area contributed by atoms with Crippen LogP contribution in [0.2, 0.25) is 0 Å². The lowest BCUT2D eigenvalue weighted by Gasteiger charge is -2.12. The topological polar surface area (TPSA) is 43.1 Å². The standard InChI is InChI=1S/C17H27NO/c1-2-15(13-14-18)11-12-17(19)10-6-9-16-7-4-3-5-8-16/h3-5,7-8,15H,2,6,9-14,18H2,1H3. The van der Waals surface area contributed by atoms with Crippen molar-refractivity contribution in [2.24, 2.45) is 11.7 Å². The summed E-state index contributed by atoms with van der Waals surface area (Å²) in [7, 11) is 0. The lowest BCUT2D eigenvalue weighted by Crippen LogP contribution is -2.10. The molecule has 1 atom stereocenters. The van der Waals surface area contributed by atoms with E-state index in [4.69, 9.17) is 5.73 Å². The van der Waals surface area contributed by atoms with Crippen LogP contribution in [0.5, 0.6) is 0 Å². The molecule has 0 saturated carbocycles. The highest BCUT2D eigenvalue weighted by atomic mass is 16.1. The Hall–Kier alpha value is -1.15. The zero-order chi connectivity index (χ0) is 13.9. The fourth-order valence-corrected chi connectivity index (χ4v) is 2.41. The molecule has 0 fully saturated rings. The second-order valence-corrected chi connectivity index (χ2v) is 5.27. The van der Waals surface area contributed by atoms with Gasteiger partial charge in [-0.3, -0.25) is 4.79 Å². The van der Waals surface area contributed by atoms with Crippen molar-refractivity contribution < 1.29 is 4.79 Å². The lowest BCUT2D eigenvalue weighted by atomic mass is 9.94. The van der Waals surface area contributed by atoms with Gasteiger partial charge in [-0.05, 0) is 43.7 Å². The van der Waals surface area contributed by atoms with Crippen molar-refractivity contribution >= 4 is 5.78 Å². The number of aryl methyl sites for hydroxylation is 1. The number of carbonyl (C=O) groups is 1. The molecule has 1 rings (SSSR count). The molecule has 0 bridgehead atoms. The maximum Gasteiger partial charge on any atom is 0.132 e. The van der Waals surface area contributed by atoms with Crippen LogP contribution in [0.1, 0.15) is 51.0 Å². The first-order valence-electron chi connectivity index (χ1n) is 7.52. The first-order valence-corrected chi connectivity index (χ1v) is 7.52. The van der Waals surface area contributed by atoms with Crippen LogP contribution >= 0.6 is 0 Å². The second kappa shape index (κ2) is 9.74. The maximum atomic E-state index is 11.8. The number of benzene rings is 1. The Bertz CT molecular complexity index is 348. The highest BCUT2D eigenvalue weighted by Gasteiger charge is 2.08. The summed E-state index contributed by atoms with van der Waals surface area (Å²) in [6.07, 6.45) is 6.62. The van der Waals surface area contributed by atoms with Crippen molar-refractivity contribution in [3.8, 4) is 0 Å². The molecule has 0 radical (unpaired) electrons. The van der Waals surface area contributed by atoms with E-state index < -0.39 is 0 Å². The Morgan fingerprint density at radius 1 is 1.16 bits per heavy atom. The van der Waals surface area contributed by atoms with E-state index >= 15 is 0 Å². The van der Waals surface area contributed by atoms with Crippen LogP contribution in [0.15, 0.2) is 30.3 Å². The maximum absolute atomic E-state index is 11.8. The van der Waals surface area contributed by atoms with Crippen LogP contribution in [-0.4, -0.2) is 12.3 Å². The molecule has 0 aromatic heterocycles. The van der Waals surface area contributed by atoms with Crippen LogP contribution in [0.4, 0.5) is 0 Å². The molecule has 0 aliphatic carbocycles. The summed E-state index contributed by atoms with van der Waals surface area (Å²) >= 11 is 0. The number of nitrogens with two attached hydrogens (primary N) is 1. The number of ketones is 1. The third-order valence-electron chi connectivity index (χ3n) is 3.75. The molecule has 106 valence electrons. The molecular weight excluding hydrogens is 234 g/mol. The van der Waals surface area contributed by atoms with Gasteiger partial charge in [0.05, 0.1) is 0 Å². The number of hydrogen-bond donors (Lipinski definition) is 1. The fraction of sp³-hybridized carbons (Fsp3) is 0.588. The smallest absolute Gasteiger partial charge is 0.132 e. The second-order valence-electron chi connectivity index (χ2n) is 5.27. The predicted molar refractivity (Wildman–Crippen MR) is 81.1 cm³/mol. The summed E-state index contributed by atoms with van der Waals surface area (Å²) in [6, 6.07) is 10.4. The molecule has 19 heavy (non-hydrogen) atoms. The van der Waals surface area contributed by atoms with Gasteiger partial charge >= 0.3 is 0 Å². The fourth-order valence-electron chi connectivity index (χ4n) is 2.41. The average molecular weight is 261 g/mol. The van der Waals surface area contributed by atoms with Gasteiger partial charge in [0.25, 0.3) is 0 Å². The van der Waals surface area contributed by atoms with E-state index in [9.17, 15) is 4.79 Å². The van der Waals surface area contributed by atoms with E-state index in [0.717, 1.165) is 45.1 Å². The zero-order valence-corrected chi connectivity index (χ0v) is 12.1. The summed E-state index contributed by atoms with van der Waals surface area (Å²) in [5.41, 5.74) is 6.89. The van der Waals surface area contributed by atoms with Crippen LogP contribution in [0.3, 0.4) is 0 Å². The van der Waals surface area contributed by atoms with Gasteiger partial charge in [-0.2, -0.15) is 0 Å². The largest absolute Gasteiger partial charge is 0.330 e. The Balaban J connectivity index is 2.14. The molecular formula is C17H27NO. The van der Waals surface area contributed by atoms with Crippen LogP contribution in [0.25, 0.3) is 0 Å². The van der Waals surface area contributed by atoms with Crippen molar-refractivity contribution in [3.05, 3.63) is 35.9 Å². The molecule has 2 heteroatoms. The number of Topliss-reactive ketones (excluding diaryl/α,β-unsaturated/α-hetero) is 1. The first kappa shape index (κ1) is 15.9. The van der Waals surface area contributed by atoms with Crippen molar-refractivity contribution in [2.75, 3.05) is 6.54 Å². The number of rotatable bonds is 10. The minimum atomic E-state index is 0.409. The van der Waals surface area contributed by atoms with Gasteiger partial charge in [0, 0.05) is 12.8 Å². The molecule has 1 aromatic carbocycles. The van der Waals surface area contributed by atoms with E-state index in [2.05, 4.69) is 31.2 Å². The van der Waals surface area contributed by atoms with Gasteiger partial charge in [-0.15, -0.1) is 0 Å². The van der Waals surface area contributed by atoms with E-state index in [-0.39, 0.29) is 0 Å². The van der Waals surface area contributed by atoms with E-state index in [1.807, 2.05) is 6.07 Å². The Labute approximate surface area is 117 Å². The molecule has 0 saturated heterocycles. The highest BCUT2D eigenvalue weighted by Crippen LogP contribution is 2.16. The Morgan fingerprint density at radius 3 is 2.53 bits per heavy atom. The molecule has 1 aromatic rings. The van der Waals surface area contributed by atoms with E-state index in [0.29, 0.717) is 18.1 Å². The van der Waals surface area contributed by atoms with Gasteiger partial charge in [0.15, 0.2) is 0 Å². The van der Waals surface area contributed by atoms with Crippen molar-refractivity contribution in [1.29, 1.82) is 0 Å². The normalized spacial score (nSPS) is 12.3. The molecule has 0 spiro atoms. The lowest BCUT2D eigenvalue weighted by molar-refractivity contribution is -0.119. The zero-order valence-electron chi connectivity index (χ0n) is 12.1. The van der Waals surface area contributed by atoms with Crippen LogP contribution < -0.4 is 5.73 Å². The minimum absolute atomic E-state index is 0.409. The molecule has 0 aliphatic rings. The molecule has 0 heterocycles. The molecule has 2 N–H and O–H groups in total. The van der Waals surface area contributed by atoms with Gasteiger partial charge in [0.1, 0.15) is 5.78 Å². The van der Waals surface area contributed by atoms with E-state index in [1.54, 1.807) is 0 Å². The Kier molecular flexibility index (Phi) is 8.15. The quantitative estimate of drug-likeness (QED) is 0.697.